The lowest BCUT2D eigenvalue weighted by Gasteiger charge is -2.36. The largest absolute Gasteiger partial charge is 0.314 e. The van der Waals surface area contributed by atoms with E-state index in [9.17, 15) is 0 Å². The highest BCUT2D eigenvalue weighted by Crippen LogP contribution is 2.30. The monoisotopic (exact) mass is 276 g/mol. The van der Waals surface area contributed by atoms with Crippen molar-refractivity contribution < 1.29 is 0 Å². The highest BCUT2D eigenvalue weighted by Gasteiger charge is 2.32. The third-order valence-electron chi connectivity index (χ3n) is 5.33. The van der Waals surface area contributed by atoms with Crippen molar-refractivity contribution in [1.82, 2.24) is 20.4 Å². The summed E-state index contributed by atoms with van der Waals surface area (Å²) in [4.78, 5) is 0. The quantitative estimate of drug-likeness (QED) is 0.885. The van der Waals surface area contributed by atoms with Crippen LogP contribution in [0.5, 0.6) is 0 Å². The van der Waals surface area contributed by atoms with Gasteiger partial charge >= 0.3 is 0 Å². The highest BCUT2D eigenvalue weighted by molar-refractivity contribution is 5.15. The Bertz CT molecular complexity index is 434. The standard InChI is InChI=1S/C16H28N4/c1-12-13(11-19-20(12)2)10-18-16-7-4-3-6-14(16)15-8-5-9-17-15/h11,14-18H,3-10H2,1-2H3. The smallest absolute Gasteiger partial charge is 0.0537 e. The third-order valence-corrected chi connectivity index (χ3v) is 5.33. The van der Waals surface area contributed by atoms with Crippen LogP contribution in [0.2, 0.25) is 0 Å². The number of nitrogens with zero attached hydrogens (tertiary/aromatic N) is 2. The van der Waals surface area contributed by atoms with Gasteiger partial charge in [-0.2, -0.15) is 5.10 Å². The zero-order valence-electron chi connectivity index (χ0n) is 12.9. The Labute approximate surface area is 122 Å². The van der Waals surface area contributed by atoms with E-state index in [1.807, 2.05) is 17.9 Å². The topological polar surface area (TPSA) is 41.9 Å². The third kappa shape index (κ3) is 2.91. The Hall–Kier alpha value is -0.870. The predicted octanol–water partition coefficient (Wildman–Crippen LogP) is 2.13. The molecule has 0 bridgehead atoms. The van der Waals surface area contributed by atoms with Crippen LogP contribution in [0.3, 0.4) is 0 Å². The van der Waals surface area contributed by atoms with Crippen LogP contribution in [0.4, 0.5) is 0 Å². The lowest BCUT2D eigenvalue weighted by atomic mass is 9.79. The van der Waals surface area contributed by atoms with Crippen LogP contribution in [0.25, 0.3) is 0 Å². The van der Waals surface area contributed by atoms with Gasteiger partial charge in [0, 0.05) is 36.9 Å². The van der Waals surface area contributed by atoms with Gasteiger partial charge in [0.2, 0.25) is 0 Å². The van der Waals surface area contributed by atoms with Crippen LogP contribution in [-0.4, -0.2) is 28.4 Å². The van der Waals surface area contributed by atoms with Crippen molar-refractivity contribution in [3.05, 3.63) is 17.5 Å². The minimum atomic E-state index is 0.680. The number of hydrogen-bond donors (Lipinski definition) is 2. The zero-order chi connectivity index (χ0) is 13.9. The first-order chi connectivity index (χ1) is 9.75. The molecule has 1 aliphatic heterocycles. The molecule has 0 amide bonds. The Morgan fingerprint density at radius 2 is 2.15 bits per heavy atom. The molecule has 3 unspecified atom stereocenters. The van der Waals surface area contributed by atoms with E-state index in [0.717, 1.165) is 18.5 Å². The summed E-state index contributed by atoms with van der Waals surface area (Å²) >= 11 is 0. The van der Waals surface area contributed by atoms with Gasteiger partial charge in [-0.15, -0.1) is 0 Å². The average molecular weight is 276 g/mol. The highest BCUT2D eigenvalue weighted by atomic mass is 15.3. The molecule has 1 aliphatic carbocycles. The molecule has 1 aromatic rings. The van der Waals surface area contributed by atoms with E-state index in [4.69, 9.17) is 0 Å². The van der Waals surface area contributed by atoms with Crippen LogP contribution in [0.1, 0.15) is 49.8 Å². The number of aromatic nitrogens is 2. The first-order valence-corrected chi connectivity index (χ1v) is 8.20. The van der Waals surface area contributed by atoms with Crippen molar-refractivity contribution in [3.8, 4) is 0 Å². The number of hydrogen-bond acceptors (Lipinski definition) is 3. The van der Waals surface area contributed by atoms with E-state index in [0.29, 0.717) is 6.04 Å². The summed E-state index contributed by atoms with van der Waals surface area (Å²) in [7, 11) is 2.02. The lowest BCUT2D eigenvalue weighted by Crippen LogP contribution is -2.46. The molecule has 2 fully saturated rings. The van der Waals surface area contributed by atoms with E-state index in [1.54, 1.807) is 0 Å². The molecule has 1 saturated carbocycles. The van der Waals surface area contributed by atoms with Crippen molar-refractivity contribution in [2.24, 2.45) is 13.0 Å². The average Bonchev–Trinajstić information content (AvgIpc) is 3.10. The van der Waals surface area contributed by atoms with Crippen LogP contribution >= 0.6 is 0 Å². The van der Waals surface area contributed by atoms with E-state index in [2.05, 4.69) is 22.7 Å². The molecular weight excluding hydrogens is 248 g/mol. The summed E-state index contributed by atoms with van der Waals surface area (Å²) in [5.41, 5.74) is 2.63. The van der Waals surface area contributed by atoms with Gasteiger partial charge in [0.25, 0.3) is 0 Å². The molecule has 0 spiro atoms. The number of rotatable bonds is 4. The van der Waals surface area contributed by atoms with E-state index < -0.39 is 0 Å². The molecule has 3 atom stereocenters. The maximum Gasteiger partial charge on any atom is 0.0537 e. The van der Waals surface area contributed by atoms with E-state index >= 15 is 0 Å². The normalized spacial score (nSPS) is 30.8. The van der Waals surface area contributed by atoms with Gasteiger partial charge in [-0.1, -0.05) is 12.8 Å². The molecule has 2 heterocycles. The van der Waals surface area contributed by atoms with Crippen LogP contribution in [0, 0.1) is 12.8 Å². The van der Waals surface area contributed by atoms with Crippen molar-refractivity contribution in [1.29, 1.82) is 0 Å². The summed E-state index contributed by atoms with van der Waals surface area (Å²) < 4.78 is 1.97. The zero-order valence-corrected chi connectivity index (χ0v) is 12.9. The van der Waals surface area contributed by atoms with Gasteiger partial charge in [-0.05, 0) is 45.1 Å². The van der Waals surface area contributed by atoms with Crippen molar-refractivity contribution in [2.75, 3.05) is 6.54 Å². The number of nitrogens with one attached hydrogen (secondary N) is 2. The van der Waals surface area contributed by atoms with E-state index in [1.165, 1.54) is 56.3 Å². The summed E-state index contributed by atoms with van der Waals surface area (Å²) in [5, 5.41) is 11.9. The second kappa shape index (κ2) is 6.27. The van der Waals surface area contributed by atoms with Crippen molar-refractivity contribution in [3.63, 3.8) is 0 Å². The second-order valence-corrected chi connectivity index (χ2v) is 6.52. The minimum Gasteiger partial charge on any atom is -0.314 e. The molecule has 3 rings (SSSR count). The molecule has 1 aromatic heterocycles. The van der Waals surface area contributed by atoms with Crippen LogP contribution in [-0.2, 0) is 13.6 Å². The van der Waals surface area contributed by atoms with Gasteiger partial charge in [-0.3, -0.25) is 4.68 Å². The summed E-state index contributed by atoms with van der Waals surface area (Å²) in [6.07, 6.45) is 10.3. The SMILES string of the molecule is Cc1c(CNC2CCCCC2C2CCCN2)cnn1C. The van der Waals surface area contributed by atoms with Gasteiger partial charge in [0.1, 0.15) is 0 Å². The summed E-state index contributed by atoms with van der Waals surface area (Å²) in [5.74, 6) is 0.822. The van der Waals surface area contributed by atoms with Gasteiger partial charge in [0.05, 0.1) is 6.20 Å². The van der Waals surface area contributed by atoms with Crippen LogP contribution in [0.15, 0.2) is 6.20 Å². The Morgan fingerprint density at radius 3 is 2.85 bits per heavy atom. The molecule has 1 saturated heterocycles. The summed E-state index contributed by atoms with van der Waals surface area (Å²) in [6.45, 7) is 4.34. The molecule has 2 N–H and O–H groups in total. The first-order valence-electron chi connectivity index (χ1n) is 8.20. The maximum absolute atomic E-state index is 4.34. The molecule has 4 heteroatoms. The Morgan fingerprint density at radius 1 is 1.30 bits per heavy atom. The molecule has 0 radical (unpaired) electrons. The second-order valence-electron chi connectivity index (χ2n) is 6.52. The Balaban J connectivity index is 1.60. The Kier molecular flexibility index (Phi) is 4.41. The number of aryl methyl sites for hydroxylation is 1. The van der Waals surface area contributed by atoms with Crippen LogP contribution < -0.4 is 10.6 Å². The summed E-state index contributed by atoms with van der Waals surface area (Å²) in [6, 6.07) is 1.43. The van der Waals surface area contributed by atoms with Gasteiger partial charge in [0.15, 0.2) is 0 Å². The molecule has 4 nitrogen and oxygen atoms in total. The molecule has 0 aromatic carbocycles. The molecule has 20 heavy (non-hydrogen) atoms. The minimum absolute atomic E-state index is 0.680. The van der Waals surface area contributed by atoms with Gasteiger partial charge in [-0.25, -0.2) is 0 Å². The fourth-order valence-electron chi connectivity index (χ4n) is 3.93. The predicted molar refractivity (Wildman–Crippen MR) is 81.6 cm³/mol. The van der Waals surface area contributed by atoms with Crippen molar-refractivity contribution >= 4 is 0 Å². The van der Waals surface area contributed by atoms with E-state index in [-0.39, 0.29) is 0 Å². The fourth-order valence-corrected chi connectivity index (χ4v) is 3.93. The van der Waals surface area contributed by atoms with Crippen molar-refractivity contribution in [2.45, 2.75) is 64.1 Å². The first kappa shape index (κ1) is 14.1. The fraction of sp³-hybridized carbons (Fsp3) is 0.812. The molecular formula is C16H28N4. The lowest BCUT2D eigenvalue weighted by molar-refractivity contribution is 0.213. The van der Waals surface area contributed by atoms with Gasteiger partial charge < -0.3 is 10.6 Å². The molecule has 2 aliphatic rings. The molecule has 112 valence electrons. The maximum atomic E-state index is 4.34.